The third-order valence-electron chi connectivity index (χ3n) is 4.07. The molecule has 2 aromatic heterocycles. The monoisotopic (exact) mass is 428 g/mol. The van der Waals surface area contributed by atoms with Crippen LogP contribution in [0.4, 0.5) is 0 Å². The topological polar surface area (TPSA) is 42.9 Å². The van der Waals surface area contributed by atoms with Gasteiger partial charge in [0.1, 0.15) is 5.03 Å². The first-order valence-corrected chi connectivity index (χ1v) is 11.1. The molecule has 0 fully saturated rings. The standard InChI is InChI=1S/C13H11NO.C12H11NS.C2H6/c1-10-3-2-4-12(9-10)13(15)11-5-7-14-8-6-11;1-10-7-8-12(13-9-10)14-11-5-3-2-4-6-11;1-2/h2-9H,1H3;2-9H,1H3;1-2H3. The maximum absolute atomic E-state index is 12.0. The summed E-state index contributed by atoms with van der Waals surface area (Å²) in [6.07, 6.45) is 5.15. The SMILES string of the molecule is CC.Cc1ccc(Sc2ccccc2)nc1.Cc1cccc(C(=O)c2ccncc2)c1. The summed E-state index contributed by atoms with van der Waals surface area (Å²) in [7, 11) is 0. The zero-order chi connectivity index (χ0) is 22.5. The summed E-state index contributed by atoms with van der Waals surface area (Å²) in [6.45, 7) is 8.02. The van der Waals surface area contributed by atoms with E-state index < -0.39 is 0 Å². The van der Waals surface area contributed by atoms with E-state index in [0.29, 0.717) is 5.56 Å². The first kappa shape index (κ1) is 24.0. The summed E-state index contributed by atoms with van der Waals surface area (Å²) in [5.41, 5.74) is 3.69. The van der Waals surface area contributed by atoms with E-state index in [4.69, 9.17) is 0 Å². The Labute approximate surface area is 189 Å². The maximum Gasteiger partial charge on any atom is 0.193 e. The second kappa shape index (κ2) is 13.1. The van der Waals surface area contributed by atoms with Gasteiger partial charge in [0.25, 0.3) is 0 Å². The molecule has 4 heteroatoms. The van der Waals surface area contributed by atoms with E-state index in [1.165, 1.54) is 10.5 Å². The quantitative estimate of drug-likeness (QED) is 0.323. The molecule has 2 heterocycles. The van der Waals surface area contributed by atoms with Crippen molar-refractivity contribution in [1.82, 2.24) is 9.97 Å². The van der Waals surface area contributed by atoms with E-state index in [1.807, 2.05) is 82.4 Å². The largest absolute Gasteiger partial charge is 0.289 e. The fraction of sp³-hybridized carbons (Fsp3) is 0.148. The van der Waals surface area contributed by atoms with Crippen LogP contribution in [0.2, 0.25) is 0 Å². The number of rotatable bonds is 4. The molecule has 3 nitrogen and oxygen atoms in total. The molecule has 158 valence electrons. The van der Waals surface area contributed by atoms with Gasteiger partial charge in [0.15, 0.2) is 5.78 Å². The van der Waals surface area contributed by atoms with E-state index >= 15 is 0 Å². The lowest BCUT2D eigenvalue weighted by molar-refractivity contribution is 0.103. The van der Waals surface area contributed by atoms with Gasteiger partial charge in [0, 0.05) is 34.6 Å². The highest BCUT2D eigenvalue weighted by atomic mass is 32.2. The van der Waals surface area contributed by atoms with Crippen molar-refractivity contribution in [2.75, 3.05) is 0 Å². The third-order valence-corrected chi connectivity index (χ3v) is 5.03. The number of nitrogens with zero attached hydrogens (tertiary/aromatic N) is 2. The van der Waals surface area contributed by atoms with Crippen molar-refractivity contribution in [1.29, 1.82) is 0 Å². The summed E-state index contributed by atoms with van der Waals surface area (Å²) in [5, 5.41) is 1.04. The lowest BCUT2D eigenvalue weighted by atomic mass is 10.0. The average Bonchev–Trinajstić information content (AvgIpc) is 2.83. The number of carbonyl (C=O) groups excluding carboxylic acids is 1. The third kappa shape index (κ3) is 8.19. The van der Waals surface area contributed by atoms with Gasteiger partial charge in [-0.1, -0.05) is 73.6 Å². The molecule has 0 amide bonds. The van der Waals surface area contributed by atoms with Crippen molar-refractivity contribution in [2.24, 2.45) is 0 Å². The van der Waals surface area contributed by atoms with Crippen LogP contribution in [0.1, 0.15) is 40.9 Å². The van der Waals surface area contributed by atoms with Crippen LogP contribution in [0.5, 0.6) is 0 Å². The van der Waals surface area contributed by atoms with Crippen LogP contribution in [0, 0.1) is 13.8 Å². The predicted octanol–water partition coefficient (Wildman–Crippen LogP) is 7.19. The van der Waals surface area contributed by atoms with Crippen LogP contribution < -0.4 is 0 Å². The minimum Gasteiger partial charge on any atom is -0.289 e. The Balaban J connectivity index is 0.000000204. The first-order valence-electron chi connectivity index (χ1n) is 10.3. The van der Waals surface area contributed by atoms with E-state index in [-0.39, 0.29) is 5.78 Å². The Bertz CT molecular complexity index is 1050. The number of carbonyl (C=O) groups is 1. The minimum atomic E-state index is 0.0427. The molecule has 0 saturated heterocycles. The fourth-order valence-corrected chi connectivity index (χ4v) is 3.36. The lowest BCUT2D eigenvalue weighted by Gasteiger charge is -2.01. The van der Waals surface area contributed by atoms with Gasteiger partial charge in [-0.05, 0) is 55.8 Å². The highest BCUT2D eigenvalue weighted by Gasteiger charge is 2.07. The molecule has 4 aromatic rings. The van der Waals surface area contributed by atoms with Gasteiger partial charge in [-0.15, -0.1) is 0 Å². The molecule has 4 rings (SSSR count). The van der Waals surface area contributed by atoms with Crippen molar-refractivity contribution in [3.05, 3.63) is 120 Å². The molecule has 0 aliphatic rings. The highest BCUT2D eigenvalue weighted by Crippen LogP contribution is 2.25. The first-order chi connectivity index (χ1) is 15.1. The number of aromatic nitrogens is 2. The van der Waals surface area contributed by atoms with Gasteiger partial charge in [-0.3, -0.25) is 9.78 Å². The zero-order valence-corrected chi connectivity index (χ0v) is 19.3. The predicted molar refractivity (Wildman–Crippen MR) is 130 cm³/mol. The van der Waals surface area contributed by atoms with E-state index in [0.717, 1.165) is 16.2 Å². The summed E-state index contributed by atoms with van der Waals surface area (Å²) >= 11 is 1.69. The van der Waals surface area contributed by atoms with E-state index in [9.17, 15) is 4.79 Å². The van der Waals surface area contributed by atoms with Crippen LogP contribution in [0.15, 0.2) is 107 Å². The van der Waals surface area contributed by atoms with Crippen LogP contribution >= 0.6 is 11.8 Å². The van der Waals surface area contributed by atoms with Gasteiger partial charge < -0.3 is 0 Å². The molecule has 0 radical (unpaired) electrons. The summed E-state index contributed by atoms with van der Waals surface area (Å²) in [4.78, 5) is 21.4. The fourth-order valence-electron chi connectivity index (χ4n) is 2.58. The van der Waals surface area contributed by atoms with Crippen LogP contribution in [-0.4, -0.2) is 15.8 Å². The van der Waals surface area contributed by atoms with Gasteiger partial charge in [0.2, 0.25) is 0 Å². The van der Waals surface area contributed by atoms with Crippen molar-refractivity contribution >= 4 is 17.5 Å². The average molecular weight is 429 g/mol. The molecule has 0 N–H and O–H groups in total. The second-order valence-electron chi connectivity index (χ2n) is 6.52. The number of benzene rings is 2. The Hall–Kier alpha value is -3.24. The number of aryl methyl sites for hydroxylation is 2. The van der Waals surface area contributed by atoms with Crippen molar-refractivity contribution < 1.29 is 4.79 Å². The van der Waals surface area contributed by atoms with Gasteiger partial charge in [0.05, 0.1) is 0 Å². The van der Waals surface area contributed by atoms with Gasteiger partial charge >= 0.3 is 0 Å². The number of ketones is 1. The molecule has 0 spiro atoms. The Morgan fingerprint density at radius 1 is 0.742 bits per heavy atom. The van der Waals surface area contributed by atoms with Gasteiger partial charge in [-0.25, -0.2) is 4.98 Å². The summed E-state index contributed by atoms with van der Waals surface area (Å²) in [6, 6.07) is 25.4. The Kier molecular flexibility index (Phi) is 10.2. The summed E-state index contributed by atoms with van der Waals surface area (Å²) < 4.78 is 0. The molecule has 0 saturated carbocycles. The Morgan fingerprint density at radius 2 is 1.45 bits per heavy atom. The zero-order valence-electron chi connectivity index (χ0n) is 18.4. The number of pyridine rings is 2. The van der Waals surface area contributed by atoms with Crippen LogP contribution in [-0.2, 0) is 0 Å². The van der Waals surface area contributed by atoms with Crippen LogP contribution in [0.25, 0.3) is 0 Å². The smallest absolute Gasteiger partial charge is 0.193 e. The molecule has 0 unspecified atom stereocenters. The second-order valence-corrected chi connectivity index (χ2v) is 7.62. The Morgan fingerprint density at radius 3 is 2.06 bits per heavy atom. The molecule has 2 aromatic carbocycles. The molecule has 0 atom stereocenters. The molecular weight excluding hydrogens is 400 g/mol. The van der Waals surface area contributed by atoms with E-state index in [1.54, 1.807) is 36.3 Å². The molecule has 0 aliphatic heterocycles. The maximum atomic E-state index is 12.0. The summed E-state index contributed by atoms with van der Waals surface area (Å²) in [5.74, 6) is 0.0427. The molecular formula is C27H28N2OS. The minimum absolute atomic E-state index is 0.0427. The highest BCUT2D eigenvalue weighted by molar-refractivity contribution is 7.99. The van der Waals surface area contributed by atoms with E-state index in [2.05, 4.69) is 28.2 Å². The molecule has 0 bridgehead atoms. The van der Waals surface area contributed by atoms with Crippen molar-refractivity contribution in [3.8, 4) is 0 Å². The van der Waals surface area contributed by atoms with Crippen molar-refractivity contribution in [2.45, 2.75) is 37.6 Å². The number of hydrogen-bond donors (Lipinski definition) is 0. The molecule has 0 aliphatic carbocycles. The van der Waals surface area contributed by atoms with Crippen LogP contribution in [0.3, 0.4) is 0 Å². The van der Waals surface area contributed by atoms with Gasteiger partial charge in [-0.2, -0.15) is 0 Å². The lowest BCUT2D eigenvalue weighted by Crippen LogP contribution is -2.01. The number of hydrogen-bond acceptors (Lipinski definition) is 4. The van der Waals surface area contributed by atoms with Crippen molar-refractivity contribution in [3.63, 3.8) is 0 Å². The molecule has 31 heavy (non-hydrogen) atoms. The normalized spacial score (nSPS) is 9.55.